The van der Waals surface area contributed by atoms with Crippen LogP contribution in [0.5, 0.6) is 0 Å². The van der Waals surface area contributed by atoms with E-state index in [1.54, 1.807) is 6.07 Å². The fourth-order valence-electron chi connectivity index (χ4n) is 3.18. The number of carbonyl (C=O) groups excluding carboxylic acids is 1. The van der Waals surface area contributed by atoms with E-state index in [0.29, 0.717) is 11.4 Å². The van der Waals surface area contributed by atoms with Crippen LogP contribution in [0.3, 0.4) is 0 Å². The maximum atomic E-state index is 12.5. The highest BCUT2D eigenvalue weighted by Gasteiger charge is 2.29. The van der Waals surface area contributed by atoms with Crippen molar-refractivity contribution >= 4 is 22.6 Å². The number of nitrogen functional groups attached to an aromatic ring is 1. The molecule has 2 aromatic rings. The van der Waals surface area contributed by atoms with E-state index in [1.165, 1.54) is 25.7 Å². The highest BCUT2D eigenvalue weighted by molar-refractivity contribution is 6.06. The molecule has 0 radical (unpaired) electrons. The lowest BCUT2D eigenvalue weighted by atomic mass is 9.89. The zero-order valence-corrected chi connectivity index (χ0v) is 12.4. The van der Waals surface area contributed by atoms with Crippen molar-refractivity contribution in [2.75, 3.05) is 12.3 Å². The quantitative estimate of drug-likeness (QED) is 0.909. The molecule has 3 rings (SSSR count). The molecule has 0 spiro atoms. The minimum Gasteiger partial charge on any atom is -0.384 e. The second-order valence-corrected chi connectivity index (χ2v) is 6.31. The van der Waals surface area contributed by atoms with Gasteiger partial charge in [-0.25, -0.2) is 4.98 Å². The van der Waals surface area contributed by atoms with Gasteiger partial charge in [0, 0.05) is 11.9 Å². The van der Waals surface area contributed by atoms with Gasteiger partial charge in [0.15, 0.2) is 0 Å². The van der Waals surface area contributed by atoms with Gasteiger partial charge in [-0.15, -0.1) is 0 Å². The normalized spacial score (nSPS) is 17.0. The minimum absolute atomic E-state index is 0.0616. The number of fused-ring (bicyclic) bond motifs is 1. The van der Waals surface area contributed by atoms with Crippen molar-refractivity contribution in [3.8, 4) is 0 Å². The number of rotatable bonds is 3. The smallest absolute Gasteiger partial charge is 0.252 e. The highest BCUT2D eigenvalue weighted by Crippen LogP contribution is 2.36. The lowest BCUT2D eigenvalue weighted by Crippen LogP contribution is -2.34. The first-order chi connectivity index (χ1) is 10.1. The Hall–Kier alpha value is -2.10. The van der Waals surface area contributed by atoms with Crippen molar-refractivity contribution in [2.45, 2.75) is 32.6 Å². The fourth-order valence-corrected chi connectivity index (χ4v) is 3.18. The Kier molecular flexibility index (Phi) is 3.53. The van der Waals surface area contributed by atoms with Gasteiger partial charge < -0.3 is 11.1 Å². The van der Waals surface area contributed by atoms with Crippen molar-refractivity contribution in [2.24, 2.45) is 5.41 Å². The van der Waals surface area contributed by atoms with E-state index < -0.39 is 0 Å². The first-order valence-corrected chi connectivity index (χ1v) is 7.51. The molecule has 0 atom stereocenters. The maximum absolute atomic E-state index is 12.5. The van der Waals surface area contributed by atoms with Crippen LogP contribution in [-0.4, -0.2) is 17.4 Å². The molecule has 1 fully saturated rings. The molecule has 0 saturated heterocycles. The summed E-state index contributed by atoms with van der Waals surface area (Å²) in [6, 6.07) is 9.26. The van der Waals surface area contributed by atoms with Crippen molar-refractivity contribution in [1.29, 1.82) is 0 Å². The molecular weight excluding hydrogens is 262 g/mol. The molecule has 0 unspecified atom stereocenters. The van der Waals surface area contributed by atoms with Gasteiger partial charge >= 0.3 is 0 Å². The molecule has 1 aliphatic rings. The second-order valence-electron chi connectivity index (χ2n) is 6.31. The van der Waals surface area contributed by atoms with E-state index in [-0.39, 0.29) is 11.3 Å². The van der Waals surface area contributed by atoms with Gasteiger partial charge in [0.05, 0.1) is 11.1 Å². The molecule has 1 heterocycles. The van der Waals surface area contributed by atoms with Gasteiger partial charge in [-0.3, -0.25) is 4.79 Å². The van der Waals surface area contributed by atoms with Crippen LogP contribution in [0.4, 0.5) is 5.82 Å². The van der Waals surface area contributed by atoms with Gasteiger partial charge in [0.25, 0.3) is 5.91 Å². The van der Waals surface area contributed by atoms with Crippen LogP contribution >= 0.6 is 0 Å². The number of benzene rings is 1. The number of amides is 1. The van der Waals surface area contributed by atoms with Gasteiger partial charge in [0.2, 0.25) is 0 Å². The van der Waals surface area contributed by atoms with Crippen molar-refractivity contribution in [1.82, 2.24) is 10.3 Å². The molecule has 4 nitrogen and oxygen atoms in total. The summed E-state index contributed by atoms with van der Waals surface area (Å²) in [4.78, 5) is 16.8. The number of nitrogens with two attached hydrogens (primary N) is 1. The average molecular weight is 283 g/mol. The molecule has 1 aliphatic carbocycles. The highest BCUT2D eigenvalue weighted by atomic mass is 16.1. The minimum atomic E-state index is -0.0616. The molecule has 4 heteroatoms. The summed E-state index contributed by atoms with van der Waals surface area (Å²) in [5.41, 5.74) is 7.43. The van der Waals surface area contributed by atoms with Gasteiger partial charge in [0.1, 0.15) is 5.82 Å². The van der Waals surface area contributed by atoms with Gasteiger partial charge in [-0.2, -0.15) is 0 Å². The Morgan fingerprint density at radius 2 is 2.05 bits per heavy atom. The van der Waals surface area contributed by atoms with E-state index in [4.69, 9.17) is 5.73 Å². The van der Waals surface area contributed by atoms with Crippen LogP contribution in [0.25, 0.3) is 10.9 Å². The molecule has 110 valence electrons. The number of nitrogens with one attached hydrogen (secondary N) is 1. The molecule has 1 amide bonds. The summed E-state index contributed by atoms with van der Waals surface area (Å²) in [7, 11) is 0. The third-order valence-corrected chi connectivity index (χ3v) is 4.47. The lowest BCUT2D eigenvalue weighted by molar-refractivity contribution is 0.0936. The summed E-state index contributed by atoms with van der Waals surface area (Å²) in [6.07, 6.45) is 4.90. The average Bonchev–Trinajstić information content (AvgIpc) is 2.91. The Labute approximate surface area is 124 Å². The van der Waals surface area contributed by atoms with Crippen molar-refractivity contribution in [3.63, 3.8) is 0 Å². The Bertz CT molecular complexity index is 675. The third kappa shape index (κ3) is 2.84. The molecule has 21 heavy (non-hydrogen) atoms. The molecule has 3 N–H and O–H groups in total. The Balaban J connectivity index is 1.84. The van der Waals surface area contributed by atoms with Gasteiger partial charge in [-0.05, 0) is 30.4 Å². The molecule has 1 aromatic heterocycles. The molecule has 1 aromatic carbocycles. The third-order valence-electron chi connectivity index (χ3n) is 4.47. The standard InChI is InChI=1S/C17H21N3O/c1-17(8-4-5-9-17)11-19-16(21)13-10-15(18)20-14-7-3-2-6-12(13)14/h2-3,6-7,10H,4-5,8-9,11H2,1H3,(H2,18,20)(H,19,21). The van der Waals surface area contributed by atoms with Crippen LogP contribution in [0.1, 0.15) is 43.0 Å². The van der Waals surface area contributed by atoms with Crippen LogP contribution < -0.4 is 11.1 Å². The number of hydrogen-bond donors (Lipinski definition) is 2. The van der Waals surface area contributed by atoms with Crippen LogP contribution in [0.15, 0.2) is 30.3 Å². The Morgan fingerprint density at radius 3 is 2.81 bits per heavy atom. The zero-order chi connectivity index (χ0) is 14.9. The topological polar surface area (TPSA) is 68.0 Å². The first kappa shape index (κ1) is 13.9. The first-order valence-electron chi connectivity index (χ1n) is 7.51. The summed E-state index contributed by atoms with van der Waals surface area (Å²) < 4.78 is 0. The number of anilines is 1. The van der Waals surface area contributed by atoms with Crippen molar-refractivity contribution in [3.05, 3.63) is 35.9 Å². The number of aromatic nitrogens is 1. The maximum Gasteiger partial charge on any atom is 0.252 e. The number of nitrogens with zero attached hydrogens (tertiary/aromatic N) is 1. The SMILES string of the molecule is CC1(CNC(=O)c2cc(N)nc3ccccc23)CCCC1. The van der Waals surface area contributed by atoms with E-state index in [0.717, 1.165) is 17.4 Å². The number of hydrogen-bond acceptors (Lipinski definition) is 3. The predicted octanol–water partition coefficient (Wildman–Crippen LogP) is 3.13. The van der Waals surface area contributed by atoms with Crippen molar-refractivity contribution < 1.29 is 4.79 Å². The second kappa shape index (κ2) is 5.35. The molecular formula is C17H21N3O. The number of carbonyl (C=O) groups is 1. The zero-order valence-electron chi connectivity index (χ0n) is 12.4. The number of pyridine rings is 1. The number of para-hydroxylation sites is 1. The summed E-state index contributed by atoms with van der Waals surface area (Å²) in [5, 5.41) is 3.93. The molecule has 0 bridgehead atoms. The van der Waals surface area contributed by atoms with Crippen LogP contribution in [-0.2, 0) is 0 Å². The molecule has 1 saturated carbocycles. The summed E-state index contributed by atoms with van der Waals surface area (Å²) in [5.74, 6) is 0.319. The van der Waals surface area contributed by atoms with E-state index in [2.05, 4.69) is 17.2 Å². The van der Waals surface area contributed by atoms with E-state index in [1.807, 2.05) is 24.3 Å². The van der Waals surface area contributed by atoms with E-state index >= 15 is 0 Å². The summed E-state index contributed by atoms with van der Waals surface area (Å²) >= 11 is 0. The Morgan fingerprint density at radius 1 is 1.33 bits per heavy atom. The lowest BCUT2D eigenvalue weighted by Gasteiger charge is -2.23. The van der Waals surface area contributed by atoms with E-state index in [9.17, 15) is 4.79 Å². The van der Waals surface area contributed by atoms with Gasteiger partial charge in [-0.1, -0.05) is 38.0 Å². The summed E-state index contributed by atoms with van der Waals surface area (Å²) in [6.45, 7) is 2.97. The monoisotopic (exact) mass is 283 g/mol. The fraction of sp³-hybridized carbons (Fsp3) is 0.412. The largest absolute Gasteiger partial charge is 0.384 e. The van der Waals surface area contributed by atoms with Crippen LogP contribution in [0, 0.1) is 5.41 Å². The predicted molar refractivity (Wildman–Crippen MR) is 85.1 cm³/mol. The van der Waals surface area contributed by atoms with Crippen LogP contribution in [0.2, 0.25) is 0 Å². The molecule has 0 aliphatic heterocycles.